The molecule has 0 aliphatic heterocycles. The van der Waals surface area contributed by atoms with E-state index in [1.807, 2.05) is 0 Å². The molecule has 2 heterocycles. The highest BCUT2D eigenvalue weighted by Crippen LogP contribution is 2.17. The predicted octanol–water partition coefficient (Wildman–Crippen LogP) is 2.56. The number of carbonyl (C=O) groups is 2. The summed E-state index contributed by atoms with van der Waals surface area (Å²) >= 11 is 0. The summed E-state index contributed by atoms with van der Waals surface area (Å²) in [6.07, 6.45) is 1.26. The number of nitrogens with one attached hydrogen (secondary N) is 2. The number of hydrogen-bond donors (Lipinski definition) is 2. The Balaban J connectivity index is 1.75. The molecule has 26 heavy (non-hydrogen) atoms. The van der Waals surface area contributed by atoms with Gasteiger partial charge >= 0.3 is 5.97 Å². The van der Waals surface area contributed by atoms with Gasteiger partial charge < -0.3 is 19.9 Å². The number of amides is 1. The van der Waals surface area contributed by atoms with Crippen LogP contribution < -0.4 is 10.6 Å². The summed E-state index contributed by atoms with van der Waals surface area (Å²) in [5.74, 6) is 0.372. The summed E-state index contributed by atoms with van der Waals surface area (Å²) in [4.78, 5) is 31.9. The highest BCUT2D eigenvalue weighted by molar-refractivity contribution is 6.02. The second kappa shape index (κ2) is 7.43. The molecule has 0 spiro atoms. The zero-order valence-electron chi connectivity index (χ0n) is 14.0. The highest BCUT2D eigenvalue weighted by Gasteiger charge is 2.12. The number of esters is 1. The topological polar surface area (TPSA) is 119 Å². The van der Waals surface area contributed by atoms with E-state index < -0.39 is 11.9 Å². The van der Waals surface area contributed by atoms with E-state index >= 15 is 0 Å². The fourth-order valence-corrected chi connectivity index (χ4v) is 2.15. The van der Waals surface area contributed by atoms with E-state index in [-0.39, 0.29) is 5.69 Å². The Labute approximate surface area is 148 Å². The van der Waals surface area contributed by atoms with Crippen molar-refractivity contribution >= 4 is 29.2 Å². The second-order valence-electron chi connectivity index (χ2n) is 5.26. The number of carbonyl (C=O) groups excluding carboxylic acids is 2. The maximum absolute atomic E-state index is 12.2. The first-order valence-electron chi connectivity index (χ1n) is 7.57. The van der Waals surface area contributed by atoms with Gasteiger partial charge in [-0.3, -0.25) is 4.79 Å². The van der Waals surface area contributed by atoms with Crippen LogP contribution in [0.5, 0.6) is 0 Å². The first-order valence-corrected chi connectivity index (χ1v) is 7.57. The van der Waals surface area contributed by atoms with Crippen LogP contribution >= 0.6 is 0 Å². The van der Waals surface area contributed by atoms with E-state index in [1.54, 1.807) is 37.3 Å². The van der Waals surface area contributed by atoms with E-state index in [0.29, 0.717) is 28.6 Å². The molecule has 0 bridgehead atoms. The number of ether oxygens (including phenoxy) is 1. The van der Waals surface area contributed by atoms with Gasteiger partial charge in [-0.05, 0) is 25.1 Å². The van der Waals surface area contributed by atoms with E-state index in [4.69, 9.17) is 9.26 Å². The Bertz CT molecular complexity index is 954. The maximum atomic E-state index is 12.2. The van der Waals surface area contributed by atoms with E-state index in [0.717, 1.165) is 0 Å². The van der Waals surface area contributed by atoms with Crippen LogP contribution in [0.25, 0.3) is 0 Å². The van der Waals surface area contributed by atoms with Crippen LogP contribution in [-0.2, 0) is 4.74 Å². The highest BCUT2D eigenvalue weighted by atomic mass is 16.5. The molecular formula is C17H15N5O4. The number of nitrogens with zero attached hydrogens (tertiary/aromatic N) is 3. The van der Waals surface area contributed by atoms with Gasteiger partial charge in [-0.15, -0.1) is 0 Å². The van der Waals surface area contributed by atoms with Gasteiger partial charge in [0.2, 0.25) is 0 Å². The molecule has 9 nitrogen and oxygen atoms in total. The fourth-order valence-electron chi connectivity index (χ4n) is 2.15. The Hall–Kier alpha value is -3.75. The van der Waals surface area contributed by atoms with Crippen LogP contribution in [0.3, 0.4) is 0 Å². The molecule has 2 aromatic heterocycles. The summed E-state index contributed by atoms with van der Waals surface area (Å²) in [7, 11) is 1.31. The minimum atomic E-state index is -0.452. The van der Waals surface area contributed by atoms with Gasteiger partial charge in [-0.25, -0.2) is 14.8 Å². The van der Waals surface area contributed by atoms with Crippen molar-refractivity contribution in [3.8, 4) is 0 Å². The van der Waals surface area contributed by atoms with Gasteiger partial charge in [-0.2, -0.15) is 0 Å². The van der Waals surface area contributed by atoms with Crippen molar-refractivity contribution in [2.24, 2.45) is 0 Å². The molecule has 0 atom stereocenters. The summed E-state index contributed by atoms with van der Waals surface area (Å²) in [5, 5.41) is 9.29. The first-order chi connectivity index (χ1) is 12.5. The molecule has 3 rings (SSSR count). The van der Waals surface area contributed by atoms with Crippen molar-refractivity contribution in [2.45, 2.75) is 6.92 Å². The molecule has 3 aromatic rings. The summed E-state index contributed by atoms with van der Waals surface area (Å²) in [6.45, 7) is 1.72. The van der Waals surface area contributed by atoms with Gasteiger partial charge in [-0.1, -0.05) is 11.2 Å². The molecule has 1 amide bonds. The molecule has 0 unspecified atom stereocenters. The molecule has 9 heteroatoms. The van der Waals surface area contributed by atoms with Crippen molar-refractivity contribution < 1.29 is 18.8 Å². The lowest BCUT2D eigenvalue weighted by Crippen LogP contribution is -2.14. The lowest BCUT2D eigenvalue weighted by atomic mass is 10.2. The molecular weight excluding hydrogens is 338 g/mol. The largest absolute Gasteiger partial charge is 0.465 e. The minimum Gasteiger partial charge on any atom is -0.465 e. The molecule has 0 saturated heterocycles. The quantitative estimate of drug-likeness (QED) is 0.672. The average molecular weight is 353 g/mol. The Morgan fingerprint density at radius 3 is 2.69 bits per heavy atom. The predicted molar refractivity (Wildman–Crippen MR) is 92.3 cm³/mol. The van der Waals surface area contributed by atoms with Gasteiger partial charge in [0.1, 0.15) is 23.6 Å². The molecule has 2 N–H and O–H groups in total. The molecule has 0 aliphatic carbocycles. The second-order valence-corrected chi connectivity index (χ2v) is 5.26. The zero-order valence-corrected chi connectivity index (χ0v) is 14.0. The third-order valence-electron chi connectivity index (χ3n) is 3.33. The summed E-state index contributed by atoms with van der Waals surface area (Å²) in [6, 6.07) is 9.79. The van der Waals surface area contributed by atoms with Gasteiger partial charge in [0, 0.05) is 17.8 Å². The zero-order chi connectivity index (χ0) is 18.5. The third kappa shape index (κ3) is 4.01. The first kappa shape index (κ1) is 17.1. The standard InChI is InChI=1S/C17H15N5O4/c1-10-6-15(22-26-10)21-16(23)13-8-14(19-9-18-13)20-12-5-3-4-11(7-12)17(24)25-2/h3-9H,1-2H3,(H,18,19,20)(H,21,22,23). The van der Waals surface area contributed by atoms with E-state index in [2.05, 4.69) is 25.8 Å². The lowest BCUT2D eigenvalue weighted by Gasteiger charge is -2.08. The molecule has 1 aromatic carbocycles. The lowest BCUT2D eigenvalue weighted by molar-refractivity contribution is 0.0600. The van der Waals surface area contributed by atoms with Gasteiger partial charge in [0.15, 0.2) is 5.82 Å². The van der Waals surface area contributed by atoms with Crippen molar-refractivity contribution in [2.75, 3.05) is 17.7 Å². The molecule has 0 aliphatic rings. The number of aromatic nitrogens is 3. The van der Waals surface area contributed by atoms with Crippen molar-refractivity contribution in [1.29, 1.82) is 0 Å². The van der Waals surface area contributed by atoms with Crippen LogP contribution in [0, 0.1) is 6.92 Å². The average Bonchev–Trinajstić information content (AvgIpc) is 3.06. The number of aryl methyl sites for hydroxylation is 1. The van der Waals surface area contributed by atoms with Gasteiger partial charge in [0.05, 0.1) is 12.7 Å². The van der Waals surface area contributed by atoms with Crippen LogP contribution in [0.15, 0.2) is 47.2 Å². The van der Waals surface area contributed by atoms with Crippen LogP contribution in [0.2, 0.25) is 0 Å². The number of benzene rings is 1. The summed E-state index contributed by atoms with van der Waals surface area (Å²) < 4.78 is 9.59. The number of anilines is 3. The van der Waals surface area contributed by atoms with Crippen LogP contribution in [-0.4, -0.2) is 34.1 Å². The molecule has 132 valence electrons. The fraction of sp³-hybridized carbons (Fsp3) is 0.118. The van der Waals surface area contributed by atoms with Crippen molar-refractivity contribution in [3.05, 3.63) is 59.7 Å². The smallest absolute Gasteiger partial charge is 0.337 e. The molecule has 0 fully saturated rings. The maximum Gasteiger partial charge on any atom is 0.337 e. The Kier molecular flexibility index (Phi) is 4.88. The number of methoxy groups -OCH3 is 1. The Morgan fingerprint density at radius 2 is 1.96 bits per heavy atom. The van der Waals surface area contributed by atoms with Crippen molar-refractivity contribution in [3.63, 3.8) is 0 Å². The van der Waals surface area contributed by atoms with Gasteiger partial charge in [0.25, 0.3) is 5.91 Å². The monoisotopic (exact) mass is 353 g/mol. The minimum absolute atomic E-state index is 0.146. The van der Waals surface area contributed by atoms with Crippen LogP contribution in [0.1, 0.15) is 26.6 Å². The van der Waals surface area contributed by atoms with E-state index in [1.165, 1.54) is 19.5 Å². The Morgan fingerprint density at radius 1 is 1.12 bits per heavy atom. The number of rotatable bonds is 5. The molecule has 0 saturated carbocycles. The van der Waals surface area contributed by atoms with Crippen LogP contribution in [0.4, 0.5) is 17.3 Å². The van der Waals surface area contributed by atoms with Crippen molar-refractivity contribution in [1.82, 2.24) is 15.1 Å². The normalized spacial score (nSPS) is 10.2. The SMILES string of the molecule is COC(=O)c1cccc(Nc2cc(C(=O)Nc3cc(C)on3)ncn2)c1. The third-order valence-corrected chi connectivity index (χ3v) is 3.33. The summed E-state index contributed by atoms with van der Waals surface area (Å²) in [5.41, 5.74) is 1.16. The number of hydrogen-bond acceptors (Lipinski definition) is 8. The molecule has 0 radical (unpaired) electrons. The van der Waals surface area contributed by atoms with E-state index in [9.17, 15) is 9.59 Å².